The first-order valence-electron chi connectivity index (χ1n) is 9.28. The number of methoxy groups -OCH3 is 2. The van der Waals surface area contributed by atoms with Crippen LogP contribution >= 0.6 is 36.2 Å². The molecule has 29 heavy (non-hydrogen) atoms. The molecule has 0 bridgehead atoms. The van der Waals surface area contributed by atoms with Gasteiger partial charge in [-0.15, -0.1) is 36.2 Å². The molecule has 1 heterocycles. The maximum atomic E-state index is 12.8. The van der Waals surface area contributed by atoms with E-state index in [4.69, 9.17) is 15.2 Å². The van der Waals surface area contributed by atoms with Gasteiger partial charge in [0.1, 0.15) is 9.88 Å². The van der Waals surface area contributed by atoms with E-state index in [-0.39, 0.29) is 36.8 Å². The largest absolute Gasteiger partial charge is 0.493 e. The van der Waals surface area contributed by atoms with Crippen molar-refractivity contribution in [1.29, 1.82) is 0 Å². The molecule has 1 amide bonds. The average molecular weight is 462 g/mol. The zero-order valence-corrected chi connectivity index (χ0v) is 19.3. The molecule has 0 aliphatic heterocycles. The van der Waals surface area contributed by atoms with Crippen molar-refractivity contribution in [3.63, 3.8) is 0 Å². The lowest BCUT2D eigenvalue weighted by atomic mass is 9.84. The van der Waals surface area contributed by atoms with Gasteiger partial charge in [0.05, 0.1) is 19.9 Å². The lowest BCUT2D eigenvalue weighted by molar-refractivity contribution is 0.0911. The maximum absolute atomic E-state index is 12.8. The fraction of sp³-hybridized carbons (Fsp3) is 0.500. The van der Waals surface area contributed by atoms with Crippen molar-refractivity contribution in [2.45, 2.75) is 38.6 Å². The minimum absolute atomic E-state index is 0. The van der Waals surface area contributed by atoms with Crippen LogP contribution in [0.25, 0.3) is 10.6 Å². The Bertz CT molecular complexity index is 816. The summed E-state index contributed by atoms with van der Waals surface area (Å²) in [5.74, 6) is 1.61. The summed E-state index contributed by atoms with van der Waals surface area (Å²) >= 11 is 1.40. The number of amides is 1. The molecule has 1 aliphatic rings. The summed E-state index contributed by atoms with van der Waals surface area (Å²) in [7, 11) is 3.21. The van der Waals surface area contributed by atoms with Crippen molar-refractivity contribution in [2.75, 3.05) is 20.8 Å². The van der Waals surface area contributed by atoms with Crippen LogP contribution in [0.3, 0.4) is 0 Å². The summed E-state index contributed by atoms with van der Waals surface area (Å²) in [4.78, 5) is 18.1. The molecule has 162 valence electrons. The SMILES string of the molecule is COc1ccc(-c2nc(C)c(C(=O)NC3CCCCC3CN)s2)cc1OC.Cl.Cl. The van der Waals surface area contributed by atoms with Gasteiger partial charge in [0.15, 0.2) is 11.5 Å². The van der Waals surface area contributed by atoms with Crippen LogP contribution in [0.5, 0.6) is 11.5 Å². The summed E-state index contributed by atoms with van der Waals surface area (Å²) in [6, 6.07) is 5.80. The third kappa shape index (κ3) is 5.75. The van der Waals surface area contributed by atoms with Crippen LogP contribution in [-0.4, -0.2) is 37.7 Å². The molecule has 2 aromatic rings. The Morgan fingerprint density at radius 2 is 1.90 bits per heavy atom. The highest BCUT2D eigenvalue weighted by atomic mass is 35.5. The van der Waals surface area contributed by atoms with Crippen LogP contribution in [0.2, 0.25) is 0 Å². The number of nitrogens with zero attached hydrogens (tertiary/aromatic N) is 1. The third-order valence-corrected chi connectivity index (χ3v) is 6.37. The number of hydrogen-bond acceptors (Lipinski definition) is 6. The van der Waals surface area contributed by atoms with Crippen molar-refractivity contribution in [3.05, 3.63) is 28.8 Å². The fourth-order valence-corrected chi connectivity index (χ4v) is 4.58. The summed E-state index contributed by atoms with van der Waals surface area (Å²) in [5.41, 5.74) is 7.52. The van der Waals surface area contributed by atoms with Crippen LogP contribution in [0.1, 0.15) is 41.0 Å². The van der Waals surface area contributed by atoms with Crippen molar-refractivity contribution in [1.82, 2.24) is 10.3 Å². The van der Waals surface area contributed by atoms with Crippen LogP contribution in [0, 0.1) is 12.8 Å². The molecule has 1 saturated carbocycles. The van der Waals surface area contributed by atoms with E-state index >= 15 is 0 Å². The molecule has 9 heteroatoms. The highest BCUT2D eigenvalue weighted by molar-refractivity contribution is 7.17. The Kier molecular flexibility index (Phi) is 10.2. The number of benzene rings is 1. The van der Waals surface area contributed by atoms with Gasteiger partial charge in [-0.05, 0) is 50.4 Å². The first-order valence-corrected chi connectivity index (χ1v) is 10.1. The van der Waals surface area contributed by atoms with E-state index < -0.39 is 0 Å². The fourth-order valence-electron chi connectivity index (χ4n) is 3.61. The second-order valence-corrected chi connectivity index (χ2v) is 7.86. The molecule has 1 fully saturated rings. The molecule has 2 atom stereocenters. The van der Waals surface area contributed by atoms with E-state index in [0.717, 1.165) is 35.5 Å². The van der Waals surface area contributed by atoms with E-state index in [1.54, 1.807) is 14.2 Å². The number of nitrogens with one attached hydrogen (secondary N) is 1. The minimum Gasteiger partial charge on any atom is -0.493 e. The number of aryl methyl sites for hydroxylation is 1. The number of aromatic nitrogens is 1. The van der Waals surface area contributed by atoms with Gasteiger partial charge in [-0.25, -0.2) is 4.98 Å². The molecule has 1 aromatic carbocycles. The molecule has 3 N–H and O–H groups in total. The standard InChI is InChI=1S/C20H27N3O3S.2ClH/c1-12-18(19(24)23-15-7-5-4-6-14(15)11-21)27-20(22-12)13-8-9-16(25-2)17(10-13)26-3;;/h8-10,14-15H,4-7,11,21H2,1-3H3,(H,23,24);2*1H. The Morgan fingerprint density at radius 1 is 1.21 bits per heavy atom. The highest BCUT2D eigenvalue weighted by Gasteiger charge is 2.27. The molecule has 1 aliphatic carbocycles. The van der Waals surface area contributed by atoms with Gasteiger partial charge in [0.2, 0.25) is 0 Å². The number of carbonyl (C=O) groups is 1. The molecule has 6 nitrogen and oxygen atoms in total. The lowest BCUT2D eigenvalue weighted by Gasteiger charge is -2.31. The van der Waals surface area contributed by atoms with E-state index in [2.05, 4.69) is 10.3 Å². The second kappa shape index (κ2) is 11.6. The number of carbonyl (C=O) groups excluding carboxylic acids is 1. The first-order chi connectivity index (χ1) is 13.1. The Morgan fingerprint density at radius 3 is 2.55 bits per heavy atom. The van der Waals surface area contributed by atoms with Crippen LogP contribution in [0.15, 0.2) is 18.2 Å². The molecule has 1 aromatic heterocycles. The molecular formula is C20H29Cl2N3O3S. The number of rotatable bonds is 6. The van der Waals surface area contributed by atoms with E-state index in [9.17, 15) is 4.79 Å². The van der Waals surface area contributed by atoms with E-state index in [1.165, 1.54) is 17.8 Å². The number of thiazole rings is 1. The molecule has 2 unspecified atom stereocenters. The van der Waals surface area contributed by atoms with Gasteiger partial charge >= 0.3 is 0 Å². The quantitative estimate of drug-likeness (QED) is 0.671. The smallest absolute Gasteiger partial charge is 0.263 e. The van der Waals surface area contributed by atoms with E-state index in [0.29, 0.717) is 28.8 Å². The zero-order valence-electron chi connectivity index (χ0n) is 16.9. The minimum atomic E-state index is -0.0536. The molecule has 0 spiro atoms. The predicted octanol–water partition coefficient (Wildman–Crippen LogP) is 4.23. The van der Waals surface area contributed by atoms with Crippen molar-refractivity contribution >= 4 is 42.1 Å². The molecular weight excluding hydrogens is 433 g/mol. The van der Waals surface area contributed by atoms with Gasteiger partial charge in [-0.2, -0.15) is 0 Å². The average Bonchev–Trinajstić information content (AvgIpc) is 3.09. The van der Waals surface area contributed by atoms with Crippen LogP contribution in [-0.2, 0) is 0 Å². The predicted molar refractivity (Wildman–Crippen MR) is 122 cm³/mol. The van der Waals surface area contributed by atoms with Crippen LogP contribution in [0.4, 0.5) is 0 Å². The molecule has 3 rings (SSSR count). The zero-order chi connectivity index (χ0) is 19.4. The van der Waals surface area contributed by atoms with E-state index in [1.807, 2.05) is 25.1 Å². The monoisotopic (exact) mass is 461 g/mol. The number of ether oxygens (including phenoxy) is 2. The van der Waals surface area contributed by atoms with Crippen molar-refractivity contribution in [2.24, 2.45) is 11.7 Å². The van der Waals surface area contributed by atoms with Crippen LogP contribution < -0.4 is 20.5 Å². The first kappa shape index (κ1) is 25.5. The number of hydrogen-bond donors (Lipinski definition) is 2. The normalized spacial score (nSPS) is 18.2. The van der Waals surface area contributed by atoms with Gasteiger partial charge in [0.25, 0.3) is 5.91 Å². The van der Waals surface area contributed by atoms with Gasteiger partial charge in [0, 0.05) is 11.6 Å². The Hall–Kier alpha value is -1.54. The lowest BCUT2D eigenvalue weighted by Crippen LogP contribution is -2.44. The second-order valence-electron chi connectivity index (χ2n) is 6.86. The summed E-state index contributed by atoms with van der Waals surface area (Å²) in [6.07, 6.45) is 4.41. The Balaban J connectivity index is 0.00000210. The van der Waals surface area contributed by atoms with Gasteiger partial charge < -0.3 is 20.5 Å². The molecule has 0 saturated heterocycles. The Labute approximate surface area is 188 Å². The van der Waals surface area contributed by atoms with Crippen molar-refractivity contribution < 1.29 is 14.3 Å². The number of halogens is 2. The third-order valence-electron chi connectivity index (χ3n) is 5.16. The van der Waals surface area contributed by atoms with Crippen molar-refractivity contribution in [3.8, 4) is 22.1 Å². The topological polar surface area (TPSA) is 86.5 Å². The summed E-state index contributed by atoms with van der Waals surface area (Å²) < 4.78 is 10.7. The summed E-state index contributed by atoms with van der Waals surface area (Å²) in [6.45, 7) is 2.49. The van der Waals surface area contributed by atoms with Gasteiger partial charge in [-0.1, -0.05) is 12.8 Å². The molecule has 0 radical (unpaired) electrons. The number of nitrogens with two attached hydrogens (primary N) is 1. The maximum Gasteiger partial charge on any atom is 0.263 e. The highest BCUT2D eigenvalue weighted by Crippen LogP contribution is 2.35. The van der Waals surface area contributed by atoms with Gasteiger partial charge in [-0.3, -0.25) is 4.79 Å². The summed E-state index contributed by atoms with van der Waals surface area (Å²) in [5, 5.41) is 3.98.